The Labute approximate surface area is 154 Å². The first-order valence-electron chi connectivity index (χ1n) is 8.06. The minimum Gasteiger partial charge on any atom is -0.459 e. The summed E-state index contributed by atoms with van der Waals surface area (Å²) in [6, 6.07) is 14.9. The largest absolute Gasteiger partial charge is 0.459 e. The molecule has 1 heterocycles. The number of Topliss-reactive ketones (excluding diaryl/α,β-unsaturated/α-hetero) is 1. The molecule has 0 saturated heterocycles. The van der Waals surface area contributed by atoms with Gasteiger partial charge in [-0.15, -0.1) is 11.3 Å². The molecule has 0 amide bonds. The Morgan fingerprint density at radius 3 is 2.46 bits per heavy atom. The Balaban J connectivity index is 1.47. The van der Waals surface area contributed by atoms with Crippen LogP contribution in [-0.2, 0) is 16.1 Å². The third-order valence-corrected chi connectivity index (χ3v) is 4.62. The van der Waals surface area contributed by atoms with Crippen molar-refractivity contribution in [2.24, 2.45) is 0 Å². The van der Waals surface area contributed by atoms with Gasteiger partial charge in [0.05, 0.1) is 12.1 Å². The maximum atomic E-state index is 13.0. The maximum Gasteiger partial charge on any atom is 0.306 e. The molecule has 0 fully saturated rings. The average molecular weight is 369 g/mol. The molecule has 0 spiro atoms. The van der Waals surface area contributed by atoms with Gasteiger partial charge in [-0.05, 0) is 24.3 Å². The zero-order valence-electron chi connectivity index (χ0n) is 13.9. The minimum atomic E-state index is -0.439. The topological polar surface area (TPSA) is 56.3 Å². The zero-order valence-corrected chi connectivity index (χ0v) is 14.7. The summed E-state index contributed by atoms with van der Waals surface area (Å²) in [5, 5.41) is 2.52. The van der Waals surface area contributed by atoms with Crippen LogP contribution < -0.4 is 0 Å². The lowest BCUT2D eigenvalue weighted by molar-refractivity contribution is -0.145. The van der Waals surface area contributed by atoms with Crippen molar-refractivity contribution in [1.29, 1.82) is 0 Å². The number of ether oxygens (including phenoxy) is 1. The Morgan fingerprint density at radius 1 is 1.00 bits per heavy atom. The molecule has 3 aromatic rings. The monoisotopic (exact) mass is 369 g/mol. The highest BCUT2D eigenvalue weighted by atomic mass is 32.1. The van der Waals surface area contributed by atoms with E-state index in [1.807, 2.05) is 6.07 Å². The van der Waals surface area contributed by atoms with Gasteiger partial charge in [0.1, 0.15) is 17.4 Å². The quantitative estimate of drug-likeness (QED) is 0.449. The fourth-order valence-electron chi connectivity index (χ4n) is 2.31. The lowest BCUT2D eigenvalue weighted by Crippen LogP contribution is -2.08. The van der Waals surface area contributed by atoms with Crippen LogP contribution in [0.25, 0.3) is 10.6 Å². The predicted molar refractivity (Wildman–Crippen MR) is 97.3 cm³/mol. The van der Waals surface area contributed by atoms with Gasteiger partial charge in [-0.3, -0.25) is 9.59 Å². The normalized spacial score (nSPS) is 10.5. The van der Waals surface area contributed by atoms with Crippen LogP contribution in [0.3, 0.4) is 0 Å². The number of aromatic nitrogens is 1. The van der Waals surface area contributed by atoms with Crippen molar-refractivity contribution in [2.75, 3.05) is 0 Å². The molecule has 6 heteroatoms. The number of rotatable bonds is 7. The van der Waals surface area contributed by atoms with E-state index in [0.717, 1.165) is 10.6 Å². The molecule has 0 N–H and O–H groups in total. The van der Waals surface area contributed by atoms with E-state index in [2.05, 4.69) is 4.98 Å². The van der Waals surface area contributed by atoms with Crippen LogP contribution in [0.5, 0.6) is 0 Å². The Morgan fingerprint density at radius 2 is 1.73 bits per heavy atom. The average Bonchev–Trinajstić information content (AvgIpc) is 3.14. The number of esters is 1. The molecule has 0 radical (unpaired) electrons. The molecule has 2 aromatic carbocycles. The summed E-state index contributed by atoms with van der Waals surface area (Å²) in [5.74, 6) is -0.829. The van der Waals surface area contributed by atoms with E-state index < -0.39 is 5.97 Å². The van der Waals surface area contributed by atoms with Crippen molar-refractivity contribution in [3.8, 4) is 10.6 Å². The number of carbonyl (C=O) groups excluding carboxylic acids is 2. The maximum absolute atomic E-state index is 13.0. The van der Waals surface area contributed by atoms with E-state index in [1.54, 1.807) is 41.8 Å². The zero-order chi connectivity index (χ0) is 18.4. The van der Waals surface area contributed by atoms with Gasteiger partial charge in [0.15, 0.2) is 5.78 Å². The summed E-state index contributed by atoms with van der Waals surface area (Å²) in [6.45, 7) is 0.0516. The van der Waals surface area contributed by atoms with E-state index in [0.29, 0.717) is 11.3 Å². The standard InChI is InChI=1S/C20H16FNO3S/c21-16-8-6-15(7-9-16)20-22-17(13-26-20)12-25-19(24)11-10-18(23)14-4-2-1-3-5-14/h1-9,13H,10-12H2. The first-order valence-corrected chi connectivity index (χ1v) is 8.94. The second-order valence-electron chi connectivity index (χ2n) is 5.60. The number of thiazole rings is 1. The van der Waals surface area contributed by atoms with Crippen LogP contribution in [-0.4, -0.2) is 16.7 Å². The minimum absolute atomic E-state index is 0.0304. The number of hydrogen-bond acceptors (Lipinski definition) is 5. The first kappa shape index (κ1) is 17.9. The Kier molecular flexibility index (Phi) is 5.86. The van der Waals surface area contributed by atoms with Crippen molar-refractivity contribution in [2.45, 2.75) is 19.4 Å². The molecule has 132 valence electrons. The molecule has 1 aromatic heterocycles. The fourth-order valence-corrected chi connectivity index (χ4v) is 3.12. The van der Waals surface area contributed by atoms with E-state index >= 15 is 0 Å². The smallest absolute Gasteiger partial charge is 0.306 e. The van der Waals surface area contributed by atoms with Crippen LogP contribution in [0, 0.1) is 5.82 Å². The molecular weight excluding hydrogens is 353 g/mol. The van der Waals surface area contributed by atoms with Crippen LogP contribution in [0.4, 0.5) is 4.39 Å². The Hall–Kier alpha value is -2.86. The summed E-state index contributed by atoms with van der Waals surface area (Å²) in [6.07, 6.45) is 0.142. The van der Waals surface area contributed by atoms with Crippen LogP contribution >= 0.6 is 11.3 Å². The second-order valence-corrected chi connectivity index (χ2v) is 6.46. The molecule has 0 aliphatic heterocycles. The molecule has 3 rings (SSSR count). The fraction of sp³-hybridized carbons (Fsp3) is 0.150. The van der Waals surface area contributed by atoms with Crippen molar-refractivity contribution >= 4 is 23.1 Å². The van der Waals surface area contributed by atoms with Crippen LogP contribution in [0.2, 0.25) is 0 Å². The van der Waals surface area contributed by atoms with Gasteiger partial charge in [-0.2, -0.15) is 0 Å². The second kappa shape index (κ2) is 8.49. The van der Waals surface area contributed by atoms with Crippen molar-refractivity contribution in [1.82, 2.24) is 4.98 Å². The van der Waals surface area contributed by atoms with Crippen LogP contribution in [0.1, 0.15) is 28.9 Å². The van der Waals surface area contributed by atoms with Crippen molar-refractivity contribution in [3.63, 3.8) is 0 Å². The van der Waals surface area contributed by atoms with Gasteiger partial charge >= 0.3 is 5.97 Å². The lowest BCUT2D eigenvalue weighted by atomic mass is 10.1. The van der Waals surface area contributed by atoms with E-state index in [9.17, 15) is 14.0 Å². The highest BCUT2D eigenvalue weighted by Crippen LogP contribution is 2.24. The van der Waals surface area contributed by atoms with Gasteiger partial charge < -0.3 is 4.74 Å². The molecular formula is C20H16FNO3S. The summed E-state index contributed by atoms with van der Waals surface area (Å²) in [7, 11) is 0. The van der Waals surface area contributed by atoms with Gasteiger partial charge in [-0.1, -0.05) is 30.3 Å². The van der Waals surface area contributed by atoms with E-state index in [-0.39, 0.29) is 31.0 Å². The molecule has 0 bridgehead atoms. The predicted octanol–water partition coefficient (Wildman–Crippen LogP) is 4.66. The number of halogens is 1. The number of ketones is 1. The van der Waals surface area contributed by atoms with Crippen molar-refractivity contribution < 1.29 is 18.7 Å². The Bertz CT molecular complexity index is 891. The summed E-state index contributed by atoms with van der Waals surface area (Å²) in [4.78, 5) is 28.2. The van der Waals surface area contributed by atoms with Gasteiger partial charge in [0, 0.05) is 22.9 Å². The first-order chi connectivity index (χ1) is 12.6. The summed E-state index contributed by atoms with van der Waals surface area (Å²) >= 11 is 1.40. The third-order valence-electron chi connectivity index (χ3n) is 3.68. The van der Waals surface area contributed by atoms with E-state index in [4.69, 9.17) is 4.74 Å². The third kappa shape index (κ3) is 4.83. The van der Waals surface area contributed by atoms with Crippen LogP contribution in [0.15, 0.2) is 60.0 Å². The molecule has 0 aliphatic rings. The molecule has 4 nitrogen and oxygen atoms in total. The van der Waals surface area contributed by atoms with Gasteiger partial charge in [-0.25, -0.2) is 9.37 Å². The molecule has 0 unspecified atom stereocenters. The highest BCUT2D eigenvalue weighted by Gasteiger charge is 2.11. The number of nitrogens with zero attached hydrogens (tertiary/aromatic N) is 1. The van der Waals surface area contributed by atoms with E-state index in [1.165, 1.54) is 23.5 Å². The number of carbonyl (C=O) groups is 2. The molecule has 0 aliphatic carbocycles. The lowest BCUT2D eigenvalue weighted by Gasteiger charge is -2.03. The summed E-state index contributed by atoms with van der Waals surface area (Å²) < 4.78 is 18.1. The molecule has 0 saturated carbocycles. The number of hydrogen-bond donors (Lipinski definition) is 0. The number of benzene rings is 2. The SMILES string of the molecule is O=C(CCC(=O)c1ccccc1)OCc1csc(-c2ccc(F)cc2)n1. The van der Waals surface area contributed by atoms with Gasteiger partial charge in [0.2, 0.25) is 0 Å². The molecule has 0 atom stereocenters. The summed E-state index contributed by atoms with van der Waals surface area (Å²) in [5.41, 5.74) is 2.02. The van der Waals surface area contributed by atoms with Gasteiger partial charge in [0.25, 0.3) is 0 Å². The van der Waals surface area contributed by atoms with Crippen molar-refractivity contribution in [3.05, 3.63) is 77.1 Å². The molecule has 26 heavy (non-hydrogen) atoms. The highest BCUT2D eigenvalue weighted by molar-refractivity contribution is 7.13.